The van der Waals surface area contributed by atoms with Gasteiger partial charge in [0.25, 0.3) is 0 Å². The normalized spacial score (nSPS) is 18.9. The minimum Gasteiger partial charge on any atom is -0.465 e. The molecule has 0 spiro atoms. The fourth-order valence-corrected chi connectivity index (χ4v) is 7.30. The molecule has 49 heavy (non-hydrogen) atoms. The molecule has 3 N–H and O–H groups in total. The van der Waals surface area contributed by atoms with Crippen molar-refractivity contribution in [1.82, 2.24) is 29.7 Å². The highest BCUT2D eigenvalue weighted by atomic mass is 19.1. The molecule has 2 aromatic heterocycles. The number of carboxylic acid groups (broad SMARTS) is 1. The Bertz CT molecular complexity index is 1900. The van der Waals surface area contributed by atoms with Gasteiger partial charge in [0.2, 0.25) is 5.91 Å². The summed E-state index contributed by atoms with van der Waals surface area (Å²) in [4.78, 5) is 50.3. The van der Waals surface area contributed by atoms with E-state index in [0.717, 1.165) is 23.8 Å². The third-order valence-corrected chi connectivity index (χ3v) is 9.52. The van der Waals surface area contributed by atoms with E-state index in [4.69, 9.17) is 9.72 Å². The Balaban J connectivity index is 1.39. The van der Waals surface area contributed by atoms with Crippen LogP contribution in [-0.2, 0) is 22.5 Å². The topological polar surface area (TPSA) is 133 Å². The molecular weight excluding hydrogens is 634 g/mol. The lowest BCUT2D eigenvalue weighted by Crippen LogP contribution is -2.53. The Morgan fingerprint density at radius 3 is 2.39 bits per heavy atom. The molecule has 3 atom stereocenters. The molecule has 4 heterocycles. The minimum atomic E-state index is -0.982. The van der Waals surface area contributed by atoms with E-state index in [-0.39, 0.29) is 23.9 Å². The van der Waals surface area contributed by atoms with Crippen molar-refractivity contribution in [3.63, 3.8) is 0 Å². The number of H-pyrrole nitrogens is 1. The van der Waals surface area contributed by atoms with Crippen LogP contribution >= 0.6 is 0 Å². The third kappa shape index (κ3) is 7.06. The molecule has 4 aromatic rings. The smallest absolute Gasteiger partial charge is 0.408 e. The van der Waals surface area contributed by atoms with Crippen LogP contribution in [0.3, 0.4) is 0 Å². The molecule has 0 radical (unpaired) electrons. The number of carbonyl (C=O) groups is 3. The number of imidazole rings is 1. The van der Waals surface area contributed by atoms with E-state index in [0.29, 0.717) is 67.0 Å². The maximum Gasteiger partial charge on any atom is 0.408 e. The molecule has 2 aliphatic rings. The highest BCUT2D eigenvalue weighted by Gasteiger charge is 2.37. The van der Waals surface area contributed by atoms with E-state index in [1.165, 1.54) is 29.2 Å². The highest BCUT2D eigenvalue weighted by Crippen LogP contribution is 2.36. The first-order valence-corrected chi connectivity index (χ1v) is 17.0. The van der Waals surface area contributed by atoms with Crippen LogP contribution in [0.2, 0.25) is 0 Å². The van der Waals surface area contributed by atoms with Gasteiger partial charge in [-0.05, 0) is 94.7 Å². The summed E-state index contributed by atoms with van der Waals surface area (Å²) in [6.45, 7) is 10.3. The van der Waals surface area contributed by atoms with Gasteiger partial charge in [-0.3, -0.25) is 4.79 Å². The first-order chi connectivity index (χ1) is 23.2. The largest absolute Gasteiger partial charge is 0.465 e. The SMILES string of the molecule is CC(C)[C@H](NC(=O)OC(C)(C)C)C(=O)N1CCC[C@H]1Cn1c(-c2[nH]c3cc(F)ccc3c2C[C@@H]2CCCN2C(=O)O)nc2cc(F)ccc21. The van der Waals surface area contributed by atoms with Gasteiger partial charge >= 0.3 is 12.2 Å². The highest BCUT2D eigenvalue weighted by molar-refractivity contribution is 5.92. The number of likely N-dealkylation sites (tertiary alicyclic amines) is 2. The van der Waals surface area contributed by atoms with E-state index in [1.807, 2.05) is 18.4 Å². The Morgan fingerprint density at radius 1 is 1.02 bits per heavy atom. The fraction of sp³-hybridized carbons (Fsp3) is 0.500. The van der Waals surface area contributed by atoms with Gasteiger partial charge in [-0.2, -0.15) is 0 Å². The van der Waals surface area contributed by atoms with Gasteiger partial charge in [0, 0.05) is 48.7 Å². The number of fused-ring (bicyclic) bond motifs is 2. The maximum absolute atomic E-state index is 14.5. The summed E-state index contributed by atoms with van der Waals surface area (Å²) in [5.74, 6) is -0.799. The number of benzene rings is 2. The van der Waals surface area contributed by atoms with Gasteiger partial charge in [-0.15, -0.1) is 0 Å². The van der Waals surface area contributed by atoms with Gasteiger partial charge in [0.1, 0.15) is 23.3 Å². The molecule has 2 saturated heterocycles. The molecule has 0 unspecified atom stereocenters. The zero-order valence-corrected chi connectivity index (χ0v) is 28.6. The van der Waals surface area contributed by atoms with Crippen LogP contribution < -0.4 is 5.32 Å². The maximum atomic E-state index is 14.5. The second-order valence-electron chi connectivity index (χ2n) is 14.5. The predicted molar refractivity (Wildman–Crippen MR) is 181 cm³/mol. The summed E-state index contributed by atoms with van der Waals surface area (Å²) in [5, 5.41) is 13.4. The van der Waals surface area contributed by atoms with Crippen molar-refractivity contribution >= 4 is 40.0 Å². The number of halogens is 2. The molecule has 6 rings (SSSR count). The molecule has 3 amide bonds. The number of nitrogens with zero attached hydrogens (tertiary/aromatic N) is 4. The van der Waals surface area contributed by atoms with Crippen LogP contribution in [0.5, 0.6) is 0 Å². The molecule has 2 aliphatic heterocycles. The van der Waals surface area contributed by atoms with Gasteiger partial charge in [-0.1, -0.05) is 13.8 Å². The van der Waals surface area contributed by atoms with Crippen LogP contribution in [0.25, 0.3) is 33.5 Å². The Hall–Kier alpha value is -4.68. The van der Waals surface area contributed by atoms with E-state index >= 15 is 0 Å². The van der Waals surface area contributed by atoms with Crippen LogP contribution in [0, 0.1) is 17.6 Å². The summed E-state index contributed by atoms with van der Waals surface area (Å²) in [6, 6.07) is 7.51. The number of aromatic amines is 1. The van der Waals surface area contributed by atoms with Crippen molar-refractivity contribution in [2.75, 3.05) is 13.1 Å². The van der Waals surface area contributed by atoms with Gasteiger partial charge in [0.15, 0.2) is 5.82 Å². The zero-order chi connectivity index (χ0) is 35.2. The van der Waals surface area contributed by atoms with Gasteiger partial charge in [0.05, 0.1) is 16.7 Å². The van der Waals surface area contributed by atoms with Crippen molar-refractivity contribution in [1.29, 1.82) is 0 Å². The van der Waals surface area contributed by atoms with Gasteiger partial charge < -0.3 is 34.5 Å². The van der Waals surface area contributed by atoms with Crippen molar-refractivity contribution in [3.8, 4) is 11.5 Å². The number of alkyl carbamates (subject to hydrolysis) is 1. The minimum absolute atomic E-state index is 0.205. The number of aromatic nitrogens is 3. The average molecular weight is 679 g/mol. The lowest BCUT2D eigenvalue weighted by Gasteiger charge is -2.32. The van der Waals surface area contributed by atoms with Gasteiger partial charge in [-0.25, -0.2) is 23.4 Å². The van der Waals surface area contributed by atoms with Crippen LogP contribution in [-0.4, -0.2) is 84.4 Å². The summed E-state index contributed by atoms with van der Waals surface area (Å²) >= 11 is 0. The molecule has 2 fully saturated rings. The number of amides is 3. The lowest BCUT2D eigenvalue weighted by molar-refractivity contribution is -0.135. The number of nitrogens with one attached hydrogen (secondary N) is 2. The van der Waals surface area contributed by atoms with Crippen LogP contribution in [0.1, 0.15) is 65.9 Å². The van der Waals surface area contributed by atoms with Crippen molar-refractivity contribution in [3.05, 3.63) is 53.6 Å². The van der Waals surface area contributed by atoms with Crippen molar-refractivity contribution < 1.29 is 33.0 Å². The fourth-order valence-electron chi connectivity index (χ4n) is 7.30. The first-order valence-electron chi connectivity index (χ1n) is 17.0. The second-order valence-corrected chi connectivity index (χ2v) is 14.5. The third-order valence-electron chi connectivity index (χ3n) is 9.52. The molecular formula is C36H44F2N6O5. The lowest BCUT2D eigenvalue weighted by atomic mass is 10.00. The average Bonchev–Trinajstić information content (AvgIpc) is 3.80. The Kier molecular flexibility index (Phi) is 9.29. The molecule has 13 heteroatoms. The zero-order valence-electron chi connectivity index (χ0n) is 28.6. The molecule has 0 bridgehead atoms. The van der Waals surface area contributed by atoms with E-state index in [1.54, 1.807) is 37.8 Å². The molecule has 262 valence electrons. The van der Waals surface area contributed by atoms with E-state index in [2.05, 4.69) is 10.3 Å². The standard InChI is InChI=1S/C36H44F2N6O5/c1-20(2)30(41-34(46)49-36(3,4)5)33(45)42-14-7-9-24(42)19-44-29-13-11-22(38)17-28(29)40-32(44)31-26(18-23-8-6-15-43(23)35(47)48)25-12-10-21(37)16-27(25)39-31/h10-13,16-17,20,23-24,30,39H,6-9,14-15,18-19H2,1-5H3,(H,41,46)(H,47,48)/t23-,24-,30-/m0/s1. The molecule has 0 aliphatic carbocycles. The summed E-state index contributed by atoms with van der Waals surface area (Å²) in [5.41, 5.74) is 2.29. The van der Waals surface area contributed by atoms with E-state index in [9.17, 15) is 28.3 Å². The number of hydrogen-bond acceptors (Lipinski definition) is 5. The molecule has 0 saturated carbocycles. The summed E-state index contributed by atoms with van der Waals surface area (Å²) < 4.78 is 36.4. The first kappa shape index (κ1) is 34.2. The molecule has 11 nitrogen and oxygen atoms in total. The predicted octanol–water partition coefficient (Wildman–Crippen LogP) is 6.69. The molecule has 2 aromatic carbocycles. The van der Waals surface area contributed by atoms with Crippen LogP contribution in [0.15, 0.2) is 36.4 Å². The number of ether oxygens (including phenoxy) is 1. The summed E-state index contributed by atoms with van der Waals surface area (Å²) in [6.07, 6.45) is 1.63. The Morgan fingerprint density at radius 2 is 1.69 bits per heavy atom. The van der Waals surface area contributed by atoms with Crippen LogP contribution in [0.4, 0.5) is 18.4 Å². The number of carbonyl (C=O) groups excluding carboxylic acids is 2. The number of hydrogen-bond donors (Lipinski definition) is 3. The quantitative estimate of drug-likeness (QED) is 0.190. The van der Waals surface area contributed by atoms with E-state index < -0.39 is 35.5 Å². The number of rotatable bonds is 8. The Labute approximate surface area is 283 Å². The monoisotopic (exact) mass is 678 g/mol. The second kappa shape index (κ2) is 13.3. The van der Waals surface area contributed by atoms with Crippen molar-refractivity contribution in [2.24, 2.45) is 5.92 Å². The van der Waals surface area contributed by atoms with Crippen molar-refractivity contribution in [2.45, 2.75) is 97.0 Å². The summed E-state index contributed by atoms with van der Waals surface area (Å²) in [7, 11) is 0.